The number of amides is 1. The van der Waals surface area contributed by atoms with Crippen LogP contribution in [0.2, 0.25) is 0 Å². The smallest absolute Gasteiger partial charge is 0.329 e. The van der Waals surface area contributed by atoms with Crippen LogP contribution in [0.3, 0.4) is 0 Å². The Bertz CT molecular complexity index is 495. The molecule has 90 valence electrons. The molecule has 0 radical (unpaired) electrons. The molecule has 17 heavy (non-hydrogen) atoms. The summed E-state index contributed by atoms with van der Waals surface area (Å²) in [6.45, 7) is 1.88. The molecule has 1 aliphatic rings. The summed E-state index contributed by atoms with van der Waals surface area (Å²) in [6, 6.07) is 5.19. The summed E-state index contributed by atoms with van der Waals surface area (Å²) in [5, 5.41) is 11.6. The number of hydrogen-bond acceptors (Lipinski definition) is 2. The van der Waals surface area contributed by atoms with Crippen molar-refractivity contribution in [2.45, 2.75) is 25.3 Å². The standard InChI is InChI=1S/C12H12BrNO3/c1-7-6-8(2-3-9(7)13)10(15)14-12(4-5-12)11(16)17/h2-3,6H,4-5H2,1H3,(H,14,15)(H,16,17). The Balaban J connectivity index is 2.15. The lowest BCUT2D eigenvalue weighted by molar-refractivity contribution is -0.140. The van der Waals surface area contributed by atoms with Crippen molar-refractivity contribution in [3.8, 4) is 0 Å². The van der Waals surface area contributed by atoms with E-state index in [0.717, 1.165) is 10.0 Å². The molecule has 0 saturated heterocycles. The molecule has 2 N–H and O–H groups in total. The van der Waals surface area contributed by atoms with Gasteiger partial charge in [0.2, 0.25) is 0 Å². The van der Waals surface area contributed by atoms with E-state index in [0.29, 0.717) is 18.4 Å². The summed E-state index contributed by atoms with van der Waals surface area (Å²) in [6.07, 6.45) is 1.01. The van der Waals surface area contributed by atoms with Crippen molar-refractivity contribution in [1.82, 2.24) is 5.32 Å². The monoisotopic (exact) mass is 297 g/mol. The van der Waals surface area contributed by atoms with Crippen LogP contribution >= 0.6 is 15.9 Å². The highest BCUT2D eigenvalue weighted by atomic mass is 79.9. The fraction of sp³-hybridized carbons (Fsp3) is 0.333. The molecule has 1 amide bonds. The molecule has 1 fully saturated rings. The van der Waals surface area contributed by atoms with Gasteiger partial charge in [0.25, 0.3) is 5.91 Å². The molecule has 0 aliphatic heterocycles. The first kappa shape index (κ1) is 12.1. The van der Waals surface area contributed by atoms with E-state index in [9.17, 15) is 9.59 Å². The molecule has 4 nitrogen and oxygen atoms in total. The zero-order chi connectivity index (χ0) is 12.6. The summed E-state index contributed by atoms with van der Waals surface area (Å²) in [5.74, 6) is -1.29. The summed E-state index contributed by atoms with van der Waals surface area (Å²) < 4.78 is 0.924. The number of carbonyl (C=O) groups is 2. The minimum absolute atomic E-state index is 0.333. The van der Waals surface area contributed by atoms with Gasteiger partial charge >= 0.3 is 5.97 Å². The van der Waals surface area contributed by atoms with Crippen molar-refractivity contribution in [3.05, 3.63) is 33.8 Å². The molecular weight excluding hydrogens is 286 g/mol. The summed E-state index contributed by atoms with van der Waals surface area (Å²) in [4.78, 5) is 22.8. The first-order valence-electron chi connectivity index (χ1n) is 5.27. The van der Waals surface area contributed by atoms with Gasteiger partial charge in [0.1, 0.15) is 5.54 Å². The molecule has 0 aromatic heterocycles. The molecule has 5 heteroatoms. The first-order chi connectivity index (χ1) is 7.94. The Morgan fingerprint density at radius 1 is 1.41 bits per heavy atom. The van der Waals surface area contributed by atoms with Crippen molar-refractivity contribution >= 4 is 27.8 Å². The summed E-state index contributed by atoms with van der Waals surface area (Å²) in [5.41, 5.74) is 0.397. The zero-order valence-corrected chi connectivity index (χ0v) is 10.9. The van der Waals surface area contributed by atoms with Crippen molar-refractivity contribution in [2.75, 3.05) is 0 Å². The van der Waals surface area contributed by atoms with Crippen LogP contribution in [0, 0.1) is 6.92 Å². The first-order valence-corrected chi connectivity index (χ1v) is 6.06. The molecule has 0 atom stereocenters. The van der Waals surface area contributed by atoms with Gasteiger partial charge < -0.3 is 10.4 Å². The van der Waals surface area contributed by atoms with Crippen LogP contribution in [0.1, 0.15) is 28.8 Å². The van der Waals surface area contributed by atoms with Crippen molar-refractivity contribution < 1.29 is 14.7 Å². The lowest BCUT2D eigenvalue weighted by Crippen LogP contribution is -2.43. The van der Waals surface area contributed by atoms with Gasteiger partial charge in [-0.15, -0.1) is 0 Å². The summed E-state index contributed by atoms with van der Waals surface area (Å²) in [7, 11) is 0. The van der Waals surface area contributed by atoms with Gasteiger partial charge in [-0.2, -0.15) is 0 Å². The van der Waals surface area contributed by atoms with E-state index in [1.807, 2.05) is 6.92 Å². The molecule has 1 aromatic carbocycles. The molecular formula is C12H12BrNO3. The van der Waals surface area contributed by atoms with E-state index >= 15 is 0 Å². The van der Waals surface area contributed by atoms with E-state index in [1.54, 1.807) is 18.2 Å². The predicted octanol–water partition coefficient (Wildman–Crippen LogP) is 2.10. The maximum absolute atomic E-state index is 11.9. The number of aryl methyl sites for hydroxylation is 1. The highest BCUT2D eigenvalue weighted by Crippen LogP contribution is 2.35. The van der Waals surface area contributed by atoms with Gasteiger partial charge in [0.05, 0.1) is 0 Å². The Kier molecular flexibility index (Phi) is 2.95. The van der Waals surface area contributed by atoms with Gasteiger partial charge in [-0.05, 0) is 43.5 Å². The van der Waals surface area contributed by atoms with E-state index in [1.165, 1.54) is 0 Å². The second kappa shape index (κ2) is 4.14. The minimum atomic E-state index is -1.03. The van der Waals surface area contributed by atoms with Crippen molar-refractivity contribution in [3.63, 3.8) is 0 Å². The number of hydrogen-bond donors (Lipinski definition) is 2. The predicted molar refractivity (Wildman–Crippen MR) is 65.9 cm³/mol. The molecule has 2 rings (SSSR count). The van der Waals surface area contributed by atoms with Crippen LogP contribution in [-0.4, -0.2) is 22.5 Å². The second-order valence-electron chi connectivity index (χ2n) is 4.31. The SMILES string of the molecule is Cc1cc(C(=O)NC2(C(=O)O)CC2)ccc1Br. The number of aliphatic carboxylic acids is 1. The van der Waals surface area contributed by atoms with E-state index < -0.39 is 11.5 Å². The van der Waals surface area contributed by atoms with E-state index in [-0.39, 0.29) is 5.91 Å². The maximum Gasteiger partial charge on any atom is 0.329 e. The number of nitrogens with one attached hydrogen (secondary N) is 1. The number of rotatable bonds is 3. The van der Waals surface area contributed by atoms with Crippen LogP contribution in [0.25, 0.3) is 0 Å². The number of halogens is 1. The van der Waals surface area contributed by atoms with Gasteiger partial charge in [-0.3, -0.25) is 4.79 Å². The number of carbonyl (C=O) groups excluding carboxylic acids is 1. The fourth-order valence-electron chi connectivity index (χ4n) is 1.59. The summed E-state index contributed by atoms with van der Waals surface area (Å²) >= 11 is 3.35. The van der Waals surface area contributed by atoms with Gasteiger partial charge in [0.15, 0.2) is 0 Å². The third-order valence-corrected chi connectivity index (χ3v) is 3.82. The van der Waals surface area contributed by atoms with Crippen molar-refractivity contribution in [2.24, 2.45) is 0 Å². The van der Waals surface area contributed by atoms with Crippen molar-refractivity contribution in [1.29, 1.82) is 0 Å². The minimum Gasteiger partial charge on any atom is -0.480 e. The molecule has 0 spiro atoms. The lowest BCUT2D eigenvalue weighted by Gasteiger charge is -2.12. The van der Waals surface area contributed by atoms with E-state index in [4.69, 9.17) is 5.11 Å². The van der Waals surface area contributed by atoms with Crippen LogP contribution in [0.15, 0.2) is 22.7 Å². The van der Waals surface area contributed by atoms with Crippen LogP contribution in [-0.2, 0) is 4.79 Å². The Labute approximate surface area is 107 Å². The number of carboxylic acids is 1. The third-order valence-electron chi connectivity index (χ3n) is 2.93. The van der Waals surface area contributed by atoms with Gasteiger partial charge in [0, 0.05) is 10.0 Å². The Morgan fingerprint density at radius 2 is 2.06 bits per heavy atom. The second-order valence-corrected chi connectivity index (χ2v) is 5.16. The van der Waals surface area contributed by atoms with E-state index in [2.05, 4.69) is 21.2 Å². The lowest BCUT2D eigenvalue weighted by atomic mass is 10.1. The molecule has 0 bridgehead atoms. The highest BCUT2D eigenvalue weighted by Gasteiger charge is 2.51. The van der Waals surface area contributed by atoms with Crippen LogP contribution in [0.5, 0.6) is 0 Å². The Morgan fingerprint density at radius 3 is 2.53 bits per heavy atom. The molecule has 0 heterocycles. The average Bonchev–Trinajstić information content (AvgIpc) is 3.03. The molecule has 1 aromatic rings. The fourth-order valence-corrected chi connectivity index (χ4v) is 1.84. The largest absolute Gasteiger partial charge is 0.480 e. The number of carboxylic acid groups (broad SMARTS) is 1. The van der Waals surface area contributed by atoms with Gasteiger partial charge in [-0.1, -0.05) is 15.9 Å². The highest BCUT2D eigenvalue weighted by molar-refractivity contribution is 9.10. The third kappa shape index (κ3) is 2.34. The molecule has 1 aliphatic carbocycles. The quantitative estimate of drug-likeness (QED) is 0.898. The van der Waals surface area contributed by atoms with Crippen LogP contribution < -0.4 is 5.32 Å². The average molecular weight is 298 g/mol. The molecule has 0 unspecified atom stereocenters. The topological polar surface area (TPSA) is 66.4 Å². The van der Waals surface area contributed by atoms with Crippen LogP contribution in [0.4, 0.5) is 0 Å². The van der Waals surface area contributed by atoms with Gasteiger partial charge in [-0.25, -0.2) is 4.79 Å². The Hall–Kier alpha value is -1.36. The maximum atomic E-state index is 11.9. The number of benzene rings is 1. The normalized spacial score (nSPS) is 16.4. The molecule has 1 saturated carbocycles. The zero-order valence-electron chi connectivity index (χ0n) is 9.29.